The Morgan fingerprint density at radius 1 is 1.24 bits per heavy atom. The molecule has 6 heteroatoms. The van der Waals surface area contributed by atoms with Gasteiger partial charge in [0.15, 0.2) is 0 Å². The fourth-order valence-electron chi connectivity index (χ4n) is 3.09. The van der Waals surface area contributed by atoms with Gasteiger partial charge in [-0.05, 0) is 42.9 Å². The lowest BCUT2D eigenvalue weighted by molar-refractivity contribution is -0.206. The van der Waals surface area contributed by atoms with Crippen molar-refractivity contribution in [1.82, 2.24) is 0 Å². The SMILES string of the molecule is OC(Cc1ccc(F)c(Cl)c1)C1CCCCC1C(F)(F)F. The predicted octanol–water partition coefficient (Wildman–Crippen LogP) is 4.75. The van der Waals surface area contributed by atoms with E-state index in [0.717, 1.165) is 6.07 Å². The number of aliphatic hydroxyl groups excluding tert-OH is 1. The van der Waals surface area contributed by atoms with Crippen molar-refractivity contribution in [2.45, 2.75) is 44.4 Å². The van der Waals surface area contributed by atoms with Crippen molar-refractivity contribution in [1.29, 1.82) is 0 Å². The number of benzene rings is 1. The molecule has 118 valence electrons. The van der Waals surface area contributed by atoms with Crippen LogP contribution in [0.3, 0.4) is 0 Å². The number of halogens is 5. The van der Waals surface area contributed by atoms with Crippen molar-refractivity contribution in [3.8, 4) is 0 Å². The molecule has 3 atom stereocenters. The average Bonchev–Trinajstić information content (AvgIpc) is 2.42. The van der Waals surface area contributed by atoms with Gasteiger partial charge in [-0.25, -0.2) is 4.39 Å². The minimum atomic E-state index is -4.29. The Hall–Kier alpha value is -0.810. The van der Waals surface area contributed by atoms with Crippen LogP contribution in [0, 0.1) is 17.7 Å². The molecule has 1 aromatic rings. The summed E-state index contributed by atoms with van der Waals surface area (Å²) in [4.78, 5) is 0. The van der Waals surface area contributed by atoms with Gasteiger partial charge in [-0.2, -0.15) is 13.2 Å². The molecule has 3 unspecified atom stereocenters. The average molecular weight is 325 g/mol. The standard InChI is InChI=1S/C15H17ClF4O/c16-12-7-9(5-6-13(12)17)8-14(21)10-3-1-2-4-11(10)15(18,19)20/h5-7,10-11,14,21H,1-4,8H2. The lowest BCUT2D eigenvalue weighted by Gasteiger charge is -2.36. The van der Waals surface area contributed by atoms with Crippen LogP contribution in [0.25, 0.3) is 0 Å². The van der Waals surface area contributed by atoms with E-state index >= 15 is 0 Å². The highest BCUT2D eigenvalue weighted by molar-refractivity contribution is 6.30. The van der Waals surface area contributed by atoms with Crippen LogP contribution in [-0.2, 0) is 6.42 Å². The molecule has 1 fully saturated rings. The molecular formula is C15H17ClF4O. The van der Waals surface area contributed by atoms with Gasteiger partial charge >= 0.3 is 6.18 Å². The van der Waals surface area contributed by atoms with Gasteiger partial charge in [-0.1, -0.05) is 30.5 Å². The number of hydrogen-bond donors (Lipinski definition) is 1. The Labute approximate surface area is 125 Å². The monoisotopic (exact) mass is 324 g/mol. The Kier molecular flexibility index (Phi) is 5.15. The molecule has 0 amide bonds. The Morgan fingerprint density at radius 2 is 1.90 bits per heavy atom. The summed E-state index contributed by atoms with van der Waals surface area (Å²) in [6, 6.07) is 3.95. The van der Waals surface area contributed by atoms with Crippen LogP contribution in [0.4, 0.5) is 17.6 Å². The third-order valence-corrected chi connectivity index (χ3v) is 4.45. The third-order valence-electron chi connectivity index (χ3n) is 4.16. The molecule has 1 nitrogen and oxygen atoms in total. The molecule has 0 bridgehead atoms. The van der Waals surface area contributed by atoms with Gasteiger partial charge in [0.1, 0.15) is 5.82 Å². The fraction of sp³-hybridized carbons (Fsp3) is 0.600. The van der Waals surface area contributed by atoms with Crippen LogP contribution in [0.1, 0.15) is 31.2 Å². The summed E-state index contributed by atoms with van der Waals surface area (Å²) < 4.78 is 52.1. The van der Waals surface area contributed by atoms with Gasteiger partial charge in [-0.15, -0.1) is 0 Å². The first-order valence-electron chi connectivity index (χ1n) is 6.97. The number of hydrogen-bond acceptors (Lipinski definition) is 1. The first-order chi connectivity index (χ1) is 9.79. The van der Waals surface area contributed by atoms with Gasteiger partial charge in [0.25, 0.3) is 0 Å². The molecule has 0 saturated heterocycles. The van der Waals surface area contributed by atoms with Crippen molar-refractivity contribution in [2.75, 3.05) is 0 Å². The second-order valence-electron chi connectivity index (χ2n) is 5.62. The maximum absolute atomic E-state index is 13.1. The summed E-state index contributed by atoms with van der Waals surface area (Å²) in [5, 5.41) is 10.1. The Balaban J connectivity index is 2.10. The number of alkyl halides is 3. The van der Waals surface area contributed by atoms with Gasteiger partial charge in [0.05, 0.1) is 17.0 Å². The molecule has 2 rings (SSSR count). The summed E-state index contributed by atoms with van der Waals surface area (Å²) in [6.45, 7) is 0. The maximum atomic E-state index is 13.1. The molecule has 1 N–H and O–H groups in total. The van der Waals surface area contributed by atoms with E-state index in [1.54, 1.807) is 0 Å². The summed E-state index contributed by atoms with van der Waals surface area (Å²) >= 11 is 5.65. The molecule has 21 heavy (non-hydrogen) atoms. The molecule has 0 heterocycles. The van der Waals surface area contributed by atoms with Crippen molar-refractivity contribution in [3.63, 3.8) is 0 Å². The Bertz CT molecular complexity index is 489. The van der Waals surface area contributed by atoms with E-state index in [1.165, 1.54) is 12.1 Å². The first kappa shape index (κ1) is 16.6. The van der Waals surface area contributed by atoms with Crippen molar-refractivity contribution in [2.24, 2.45) is 11.8 Å². The van der Waals surface area contributed by atoms with Gasteiger partial charge < -0.3 is 5.11 Å². The zero-order valence-corrected chi connectivity index (χ0v) is 12.1. The van der Waals surface area contributed by atoms with Crippen molar-refractivity contribution < 1.29 is 22.7 Å². The number of aliphatic hydroxyl groups is 1. The fourth-order valence-corrected chi connectivity index (χ4v) is 3.29. The van der Waals surface area contributed by atoms with Crippen LogP contribution >= 0.6 is 11.6 Å². The molecule has 1 aliphatic rings. The zero-order valence-electron chi connectivity index (χ0n) is 11.3. The van der Waals surface area contributed by atoms with E-state index in [9.17, 15) is 22.7 Å². The van der Waals surface area contributed by atoms with Crippen LogP contribution in [-0.4, -0.2) is 17.4 Å². The van der Waals surface area contributed by atoms with Crippen LogP contribution in [0.5, 0.6) is 0 Å². The van der Waals surface area contributed by atoms with Gasteiger partial charge in [0, 0.05) is 0 Å². The van der Waals surface area contributed by atoms with Crippen molar-refractivity contribution >= 4 is 11.6 Å². The smallest absolute Gasteiger partial charge is 0.392 e. The molecule has 0 aromatic heterocycles. The molecule has 0 aliphatic heterocycles. The highest BCUT2D eigenvalue weighted by Crippen LogP contribution is 2.43. The van der Waals surface area contributed by atoms with Gasteiger partial charge in [0.2, 0.25) is 0 Å². The zero-order chi connectivity index (χ0) is 15.6. The minimum Gasteiger partial charge on any atom is -0.392 e. The van der Waals surface area contributed by atoms with E-state index in [4.69, 9.17) is 11.6 Å². The van der Waals surface area contributed by atoms with E-state index in [-0.39, 0.29) is 17.9 Å². The molecule has 1 saturated carbocycles. The van der Waals surface area contributed by atoms with E-state index < -0.39 is 29.9 Å². The highest BCUT2D eigenvalue weighted by Gasteiger charge is 2.47. The molecule has 0 spiro atoms. The van der Waals surface area contributed by atoms with Crippen LogP contribution < -0.4 is 0 Å². The summed E-state index contributed by atoms with van der Waals surface area (Å²) in [6.07, 6.45) is -3.67. The Morgan fingerprint density at radius 3 is 2.52 bits per heavy atom. The van der Waals surface area contributed by atoms with Gasteiger partial charge in [-0.3, -0.25) is 0 Å². The molecule has 0 radical (unpaired) electrons. The molecular weight excluding hydrogens is 308 g/mol. The predicted molar refractivity (Wildman–Crippen MR) is 72.6 cm³/mol. The topological polar surface area (TPSA) is 20.2 Å². The molecule has 1 aromatic carbocycles. The number of rotatable bonds is 3. The third kappa shape index (κ3) is 4.10. The van der Waals surface area contributed by atoms with Crippen LogP contribution in [0.15, 0.2) is 18.2 Å². The minimum absolute atomic E-state index is 0.0528. The van der Waals surface area contributed by atoms with Crippen molar-refractivity contribution in [3.05, 3.63) is 34.6 Å². The second kappa shape index (κ2) is 6.53. The lowest BCUT2D eigenvalue weighted by atomic mass is 9.74. The molecule has 1 aliphatic carbocycles. The van der Waals surface area contributed by atoms with E-state index in [0.29, 0.717) is 24.8 Å². The van der Waals surface area contributed by atoms with E-state index in [1.807, 2.05) is 0 Å². The van der Waals surface area contributed by atoms with Crippen LogP contribution in [0.2, 0.25) is 5.02 Å². The largest absolute Gasteiger partial charge is 0.392 e. The van der Waals surface area contributed by atoms with E-state index in [2.05, 4.69) is 0 Å². The first-order valence-corrected chi connectivity index (χ1v) is 7.35. The second-order valence-corrected chi connectivity index (χ2v) is 6.02. The summed E-state index contributed by atoms with van der Waals surface area (Å²) in [7, 11) is 0. The maximum Gasteiger partial charge on any atom is 0.392 e. The lowest BCUT2D eigenvalue weighted by Crippen LogP contribution is -2.40. The highest BCUT2D eigenvalue weighted by atomic mass is 35.5. The summed E-state index contributed by atoms with van der Waals surface area (Å²) in [5.41, 5.74) is 0.542. The normalized spacial score (nSPS) is 24.9. The summed E-state index contributed by atoms with van der Waals surface area (Å²) in [5.74, 6) is -2.85. The quantitative estimate of drug-likeness (QED) is 0.795.